The Labute approximate surface area is 377 Å². The Bertz CT molecular complexity index is 2900. The van der Waals surface area contributed by atoms with Crippen LogP contribution in [0.1, 0.15) is 83.2 Å². The first-order chi connectivity index (χ1) is 31.3. The van der Waals surface area contributed by atoms with Gasteiger partial charge in [0.05, 0.1) is 33.3 Å². The average molecular weight is 891 g/mol. The van der Waals surface area contributed by atoms with E-state index in [-0.39, 0.29) is 46.5 Å². The van der Waals surface area contributed by atoms with Crippen LogP contribution in [0.4, 0.5) is 0 Å². The Balaban J connectivity index is 0.884. The Morgan fingerprint density at radius 3 is 1.56 bits per heavy atom. The molecule has 64 heavy (non-hydrogen) atoms. The van der Waals surface area contributed by atoms with Crippen molar-refractivity contribution >= 4 is 80.8 Å². The molecule has 14 heteroatoms. The first-order valence-electron chi connectivity index (χ1n) is 22.6. The topological polar surface area (TPSA) is 147 Å². The summed E-state index contributed by atoms with van der Waals surface area (Å²) in [5.41, 5.74) is 7.62. The van der Waals surface area contributed by atoms with Crippen molar-refractivity contribution in [3.8, 4) is 11.4 Å². The number of allylic oxidation sites excluding steroid dienone is 1. The van der Waals surface area contributed by atoms with Gasteiger partial charge in [-0.25, -0.2) is 0 Å². The molecule has 4 saturated heterocycles. The first-order valence-corrected chi connectivity index (χ1v) is 24.7. The first kappa shape index (κ1) is 39.7. The number of aromatic nitrogens is 2. The highest BCUT2D eigenvalue weighted by Crippen LogP contribution is 2.45. The van der Waals surface area contributed by atoms with Crippen molar-refractivity contribution in [1.82, 2.24) is 29.6 Å². The van der Waals surface area contributed by atoms with Gasteiger partial charge in [-0.1, -0.05) is 60.7 Å². The van der Waals surface area contributed by atoms with E-state index in [1.807, 2.05) is 40.1 Å². The molecule has 4 fully saturated rings. The number of H-pyrrole nitrogens is 2. The molecule has 6 atom stereocenters. The number of aromatic amines is 2. The quantitative estimate of drug-likeness (QED) is 0.161. The number of benzene rings is 3. The van der Waals surface area contributed by atoms with Crippen LogP contribution < -0.4 is 0 Å². The third-order valence-electron chi connectivity index (χ3n) is 14.6. The van der Waals surface area contributed by atoms with Crippen molar-refractivity contribution in [2.24, 2.45) is 0 Å². The van der Waals surface area contributed by atoms with Gasteiger partial charge in [-0.15, -0.1) is 23.5 Å². The van der Waals surface area contributed by atoms with Crippen LogP contribution in [-0.2, 0) is 32.0 Å². The van der Waals surface area contributed by atoms with Crippen molar-refractivity contribution in [2.45, 2.75) is 99.1 Å². The fraction of sp³-hybridized carbons (Fsp3) is 0.360. The summed E-state index contributed by atoms with van der Waals surface area (Å²) < 4.78 is 0. The van der Waals surface area contributed by atoms with E-state index in [2.05, 4.69) is 34.2 Å². The predicted molar refractivity (Wildman–Crippen MR) is 246 cm³/mol. The predicted octanol–water partition coefficient (Wildman–Crippen LogP) is 7.36. The summed E-state index contributed by atoms with van der Waals surface area (Å²) in [5, 5.41) is 2.02. The number of fused-ring (bicyclic) bond motifs is 5. The molecule has 12 rings (SSSR count). The van der Waals surface area contributed by atoms with E-state index in [0.29, 0.717) is 60.8 Å². The zero-order valence-corrected chi connectivity index (χ0v) is 36.7. The van der Waals surface area contributed by atoms with Gasteiger partial charge in [-0.3, -0.25) is 38.6 Å². The number of nitrogens with zero attached hydrogens (tertiary/aromatic N) is 4. The van der Waals surface area contributed by atoms with E-state index >= 15 is 0 Å². The van der Waals surface area contributed by atoms with Gasteiger partial charge in [0.15, 0.2) is 0 Å². The van der Waals surface area contributed by atoms with E-state index < -0.39 is 23.9 Å². The molecule has 1 aliphatic carbocycles. The second-order valence-electron chi connectivity index (χ2n) is 18.1. The van der Waals surface area contributed by atoms with Crippen molar-refractivity contribution in [2.75, 3.05) is 11.5 Å². The number of hydrogen-bond acceptors (Lipinski definition) is 8. The van der Waals surface area contributed by atoms with Crippen LogP contribution in [0.3, 0.4) is 0 Å². The van der Waals surface area contributed by atoms with Gasteiger partial charge in [0.1, 0.15) is 12.1 Å². The molecule has 0 bridgehead atoms. The second-order valence-corrected chi connectivity index (χ2v) is 20.5. The van der Waals surface area contributed by atoms with Gasteiger partial charge in [0, 0.05) is 56.5 Å². The summed E-state index contributed by atoms with van der Waals surface area (Å²) in [7, 11) is 0. The third kappa shape index (κ3) is 6.04. The maximum Gasteiger partial charge on any atom is 0.262 e. The number of rotatable bonds is 7. The van der Waals surface area contributed by atoms with Gasteiger partial charge >= 0.3 is 0 Å². The summed E-state index contributed by atoms with van der Waals surface area (Å²) in [6.07, 6.45) is 9.94. The lowest BCUT2D eigenvalue weighted by atomic mass is 9.96. The van der Waals surface area contributed by atoms with Crippen LogP contribution in [0.5, 0.6) is 0 Å². The molecule has 2 aromatic heterocycles. The van der Waals surface area contributed by atoms with E-state index in [1.54, 1.807) is 53.9 Å². The number of carbonyl (C=O) groups is 6. The molecule has 0 spiro atoms. The standard InChI is InChI=1S/C50H46N6O6S2/c57-45-31-13-1-2-14-32(31)46(58)55(45)39-19-9-21-41-53(49(39)61)27(25-63-41)23-35-29-11-5-7-17-37(29)51-43(35)44-36(30-12-6-8-18-38(30)52-44)24-28-26-64-42-22-10-20-40(50(62)54(28)42)56-47(59)33-15-3-4-16-34(33)48(56)60/h1-3,5-8,11-15,17-18,27-28,39-42,51-52H,4,9-10,16,19-26H2/t27-,28?,39?,40?,41-,42-/m1/s1. The van der Waals surface area contributed by atoms with Gasteiger partial charge in [0.25, 0.3) is 23.6 Å². The Morgan fingerprint density at radius 2 is 1.05 bits per heavy atom. The molecule has 0 radical (unpaired) electrons. The highest BCUT2D eigenvalue weighted by atomic mass is 32.2. The van der Waals surface area contributed by atoms with Crippen LogP contribution >= 0.6 is 23.5 Å². The minimum Gasteiger partial charge on any atom is -0.353 e. The van der Waals surface area contributed by atoms with Crippen molar-refractivity contribution in [1.29, 1.82) is 0 Å². The summed E-state index contributed by atoms with van der Waals surface area (Å²) >= 11 is 3.56. The molecular weight excluding hydrogens is 845 g/mol. The fourth-order valence-corrected chi connectivity index (χ4v) is 14.6. The molecule has 5 aromatic rings. The summed E-state index contributed by atoms with van der Waals surface area (Å²) in [5.74, 6) is -0.337. The molecule has 3 aromatic carbocycles. The maximum absolute atomic E-state index is 14.8. The maximum atomic E-state index is 14.8. The van der Waals surface area contributed by atoms with Gasteiger partial charge in [-0.2, -0.15) is 0 Å². The van der Waals surface area contributed by atoms with Crippen LogP contribution in [-0.4, -0.2) is 111 Å². The number of carbonyl (C=O) groups excluding carboxylic acids is 6. The van der Waals surface area contributed by atoms with Gasteiger partial charge < -0.3 is 19.8 Å². The number of hydrogen-bond donors (Lipinski definition) is 2. The monoisotopic (exact) mass is 890 g/mol. The van der Waals surface area contributed by atoms with Crippen LogP contribution in [0.25, 0.3) is 33.2 Å². The molecule has 0 saturated carbocycles. The molecule has 3 unspecified atom stereocenters. The van der Waals surface area contributed by atoms with Crippen LogP contribution in [0, 0.1) is 0 Å². The zero-order chi connectivity index (χ0) is 43.4. The number of para-hydroxylation sites is 2. The SMILES string of the molecule is O=C1C2=C(CCC=C2)C(=O)N1C1CCC[C@H]2SCC(Cc3c(-c4[nH]c5ccccc5c4C[C@@H]4CS[C@@H]5CCCC(N6C(=O)c7ccccc7C6=O)C(=O)N45)[nH]c4ccccc34)N2C1=O. The highest BCUT2D eigenvalue weighted by Gasteiger charge is 2.51. The summed E-state index contributed by atoms with van der Waals surface area (Å²) in [6, 6.07) is 21.3. The molecular formula is C50H46N6O6S2. The van der Waals surface area contributed by atoms with Gasteiger partial charge in [-0.05, 0) is 99.6 Å². The van der Waals surface area contributed by atoms with Crippen LogP contribution in [0.2, 0.25) is 0 Å². The Morgan fingerprint density at radius 1 is 0.562 bits per heavy atom. The average Bonchev–Trinajstić information content (AvgIpc) is 4.14. The van der Waals surface area contributed by atoms with Crippen LogP contribution in [0.15, 0.2) is 96.1 Å². The minimum absolute atomic E-state index is 0.0433. The Kier molecular flexibility index (Phi) is 9.55. The lowest BCUT2D eigenvalue weighted by Gasteiger charge is -2.33. The van der Waals surface area contributed by atoms with E-state index in [1.165, 1.54) is 9.80 Å². The number of nitrogens with one attached hydrogen (secondary N) is 2. The molecule has 6 aliphatic heterocycles. The molecule has 2 N–H and O–H groups in total. The lowest BCUT2D eigenvalue weighted by molar-refractivity contribution is -0.150. The molecule has 6 amide bonds. The number of amides is 6. The van der Waals surface area contributed by atoms with Crippen molar-refractivity contribution in [3.63, 3.8) is 0 Å². The lowest BCUT2D eigenvalue weighted by Crippen LogP contribution is -2.53. The molecule has 12 nitrogen and oxygen atoms in total. The van der Waals surface area contributed by atoms with E-state index in [4.69, 9.17) is 0 Å². The zero-order valence-electron chi connectivity index (χ0n) is 35.1. The highest BCUT2D eigenvalue weighted by molar-refractivity contribution is 8.00. The summed E-state index contributed by atoms with van der Waals surface area (Å²) in [4.78, 5) is 98.6. The molecule has 324 valence electrons. The second kappa shape index (κ2) is 15.4. The minimum atomic E-state index is -0.865. The third-order valence-corrected chi connectivity index (χ3v) is 17.5. The molecule has 8 heterocycles. The normalized spacial score (nSPS) is 27.0. The van der Waals surface area contributed by atoms with Crippen molar-refractivity contribution in [3.05, 3.63) is 118 Å². The molecule has 7 aliphatic rings. The van der Waals surface area contributed by atoms with Gasteiger partial charge in [0.2, 0.25) is 11.8 Å². The number of imide groups is 2. The fourth-order valence-electron chi connectivity index (χ4n) is 11.6. The number of thioether (sulfide) groups is 2. The Hall–Kier alpha value is -5.86. The van der Waals surface area contributed by atoms with E-state index in [9.17, 15) is 28.8 Å². The van der Waals surface area contributed by atoms with Crippen molar-refractivity contribution < 1.29 is 28.8 Å². The smallest absolute Gasteiger partial charge is 0.262 e. The van der Waals surface area contributed by atoms with E-state index in [0.717, 1.165) is 81.5 Å². The largest absolute Gasteiger partial charge is 0.353 e. The summed E-state index contributed by atoms with van der Waals surface area (Å²) in [6.45, 7) is 0.